The van der Waals surface area contributed by atoms with E-state index in [1.165, 1.54) is 5.01 Å². The first-order chi connectivity index (χ1) is 7.91. The predicted octanol–water partition coefficient (Wildman–Crippen LogP) is 3.07. The third-order valence-corrected chi connectivity index (χ3v) is 2.97. The van der Waals surface area contributed by atoms with E-state index in [9.17, 15) is 4.79 Å². The van der Waals surface area contributed by atoms with E-state index in [4.69, 9.17) is 0 Å². The molecule has 0 radical (unpaired) electrons. The third kappa shape index (κ3) is 2.09. The number of benzene rings is 1. The Kier molecular flexibility index (Phi) is 2.77. The van der Waals surface area contributed by atoms with Crippen molar-refractivity contribution in [1.29, 1.82) is 0 Å². The lowest BCUT2D eigenvalue weighted by Gasteiger charge is -2.19. The van der Waals surface area contributed by atoms with Gasteiger partial charge >= 0.3 is 0 Å². The fourth-order valence-electron chi connectivity index (χ4n) is 2.10. The number of hydrogen-bond acceptors (Lipinski definition) is 2. The van der Waals surface area contributed by atoms with Crippen LogP contribution >= 0.6 is 0 Å². The summed E-state index contributed by atoms with van der Waals surface area (Å²) in [5.41, 5.74) is 1.72. The quantitative estimate of drug-likeness (QED) is 0.729. The number of anilines is 1. The molecule has 1 unspecified atom stereocenters. The Labute approximate surface area is 102 Å². The van der Waals surface area contributed by atoms with Crippen LogP contribution in [0.1, 0.15) is 27.7 Å². The largest absolute Gasteiger partial charge is 0.272 e. The highest BCUT2D eigenvalue weighted by Crippen LogP contribution is 2.31. The van der Waals surface area contributed by atoms with E-state index in [1.54, 1.807) is 0 Å². The average Bonchev–Trinajstić information content (AvgIpc) is 2.57. The molecule has 90 valence electrons. The summed E-state index contributed by atoms with van der Waals surface area (Å²) in [7, 11) is 0. The van der Waals surface area contributed by atoms with Crippen molar-refractivity contribution in [3.8, 4) is 0 Å². The molecule has 0 aromatic heterocycles. The van der Waals surface area contributed by atoms with Crippen molar-refractivity contribution in [2.45, 2.75) is 27.7 Å². The van der Waals surface area contributed by atoms with Gasteiger partial charge in [-0.2, -0.15) is 5.10 Å². The summed E-state index contributed by atoms with van der Waals surface area (Å²) >= 11 is 0. The minimum Gasteiger partial charge on any atom is -0.272 e. The number of carbonyl (C=O) groups is 1. The summed E-state index contributed by atoms with van der Waals surface area (Å²) in [6.07, 6.45) is 0. The molecule has 17 heavy (non-hydrogen) atoms. The minimum absolute atomic E-state index is 0.0566. The molecular formula is C14H18N2O. The van der Waals surface area contributed by atoms with Crippen molar-refractivity contribution in [2.24, 2.45) is 16.4 Å². The number of carbonyl (C=O) groups excluding carboxylic acids is 1. The topological polar surface area (TPSA) is 32.7 Å². The van der Waals surface area contributed by atoms with Crippen LogP contribution in [-0.4, -0.2) is 11.6 Å². The molecule has 0 fully saturated rings. The molecule has 1 aromatic rings. The van der Waals surface area contributed by atoms with Gasteiger partial charge in [0.1, 0.15) is 0 Å². The van der Waals surface area contributed by atoms with E-state index < -0.39 is 0 Å². The van der Waals surface area contributed by atoms with Gasteiger partial charge in [0.05, 0.1) is 17.3 Å². The highest BCUT2D eigenvalue weighted by molar-refractivity contribution is 6.16. The molecule has 3 heteroatoms. The Morgan fingerprint density at radius 2 is 1.76 bits per heavy atom. The molecule has 1 aromatic carbocycles. The van der Waals surface area contributed by atoms with Crippen LogP contribution in [0.4, 0.5) is 5.69 Å². The lowest BCUT2D eigenvalue weighted by molar-refractivity contribution is -0.119. The SMILES string of the molecule is CC1C(=O)N(c2ccccc2)N=C1C(C)(C)C. The second kappa shape index (κ2) is 3.99. The van der Waals surface area contributed by atoms with E-state index in [-0.39, 0.29) is 17.2 Å². The molecule has 0 N–H and O–H groups in total. The van der Waals surface area contributed by atoms with Gasteiger partial charge in [0, 0.05) is 5.41 Å². The second-order valence-corrected chi connectivity index (χ2v) is 5.44. The van der Waals surface area contributed by atoms with E-state index in [0.29, 0.717) is 0 Å². The van der Waals surface area contributed by atoms with Crippen molar-refractivity contribution in [1.82, 2.24) is 0 Å². The summed E-state index contributed by atoms with van der Waals surface area (Å²) < 4.78 is 0. The van der Waals surface area contributed by atoms with Crippen LogP contribution in [0.15, 0.2) is 35.4 Å². The summed E-state index contributed by atoms with van der Waals surface area (Å²) in [5, 5.41) is 6.01. The number of hydrazone groups is 1. The number of amides is 1. The van der Waals surface area contributed by atoms with E-state index in [2.05, 4.69) is 25.9 Å². The van der Waals surface area contributed by atoms with Crippen molar-refractivity contribution in [3.63, 3.8) is 0 Å². The van der Waals surface area contributed by atoms with Crippen molar-refractivity contribution in [3.05, 3.63) is 30.3 Å². The molecule has 0 spiro atoms. The number of rotatable bonds is 1. The molecule has 0 bridgehead atoms. The van der Waals surface area contributed by atoms with Crippen LogP contribution in [0.3, 0.4) is 0 Å². The van der Waals surface area contributed by atoms with E-state index >= 15 is 0 Å². The third-order valence-electron chi connectivity index (χ3n) is 2.97. The monoisotopic (exact) mass is 230 g/mol. The predicted molar refractivity (Wildman–Crippen MR) is 70.0 cm³/mol. The number of nitrogens with zero attached hydrogens (tertiary/aromatic N) is 2. The molecular weight excluding hydrogens is 212 g/mol. The minimum atomic E-state index is -0.129. The van der Waals surface area contributed by atoms with Crippen molar-refractivity contribution < 1.29 is 4.79 Å². The van der Waals surface area contributed by atoms with E-state index in [0.717, 1.165) is 11.4 Å². The van der Waals surface area contributed by atoms with Crippen LogP contribution in [0.2, 0.25) is 0 Å². The van der Waals surface area contributed by atoms with Gasteiger partial charge in [0.25, 0.3) is 5.91 Å². The van der Waals surface area contributed by atoms with Crippen LogP contribution < -0.4 is 5.01 Å². The second-order valence-electron chi connectivity index (χ2n) is 5.44. The fraction of sp³-hybridized carbons (Fsp3) is 0.429. The zero-order valence-corrected chi connectivity index (χ0v) is 10.8. The normalized spacial score (nSPS) is 20.7. The zero-order chi connectivity index (χ0) is 12.6. The first-order valence-electron chi connectivity index (χ1n) is 5.89. The Hall–Kier alpha value is -1.64. The van der Waals surface area contributed by atoms with Crippen LogP contribution in [-0.2, 0) is 4.79 Å². The highest BCUT2D eigenvalue weighted by atomic mass is 16.2. The summed E-state index contributed by atoms with van der Waals surface area (Å²) in [6, 6.07) is 9.57. The average molecular weight is 230 g/mol. The Morgan fingerprint density at radius 1 is 1.18 bits per heavy atom. The van der Waals surface area contributed by atoms with Gasteiger partial charge in [-0.1, -0.05) is 39.0 Å². The highest BCUT2D eigenvalue weighted by Gasteiger charge is 2.38. The van der Waals surface area contributed by atoms with Gasteiger partial charge in [-0.25, -0.2) is 5.01 Å². The lowest BCUT2D eigenvalue weighted by atomic mass is 9.83. The maximum atomic E-state index is 12.2. The zero-order valence-electron chi connectivity index (χ0n) is 10.8. The molecule has 2 rings (SSSR count). The number of hydrogen-bond donors (Lipinski definition) is 0. The summed E-state index contributed by atoms with van der Waals surface area (Å²) in [5.74, 6) is -0.0728. The molecule has 0 saturated carbocycles. The van der Waals surface area contributed by atoms with Gasteiger partial charge in [-0.15, -0.1) is 0 Å². The van der Waals surface area contributed by atoms with Gasteiger partial charge < -0.3 is 0 Å². The molecule has 1 aliphatic heterocycles. The molecule has 0 aliphatic carbocycles. The smallest absolute Gasteiger partial charge is 0.255 e. The molecule has 1 atom stereocenters. The summed E-state index contributed by atoms with van der Waals surface area (Å²) in [6.45, 7) is 8.19. The maximum absolute atomic E-state index is 12.2. The molecule has 1 heterocycles. The Balaban J connectivity index is 2.39. The Bertz CT molecular complexity index is 457. The van der Waals surface area contributed by atoms with Gasteiger partial charge in [0.15, 0.2) is 0 Å². The van der Waals surface area contributed by atoms with Crippen molar-refractivity contribution in [2.75, 3.05) is 5.01 Å². The van der Waals surface area contributed by atoms with Crippen LogP contribution in [0, 0.1) is 11.3 Å². The first kappa shape index (κ1) is 11.8. The molecule has 0 saturated heterocycles. The lowest BCUT2D eigenvalue weighted by Crippen LogP contribution is -2.29. The molecule has 1 amide bonds. The summed E-state index contributed by atoms with van der Waals surface area (Å²) in [4.78, 5) is 12.2. The Morgan fingerprint density at radius 3 is 2.24 bits per heavy atom. The van der Waals surface area contributed by atoms with E-state index in [1.807, 2.05) is 37.3 Å². The first-order valence-corrected chi connectivity index (χ1v) is 5.89. The van der Waals surface area contributed by atoms with Gasteiger partial charge in [0.2, 0.25) is 0 Å². The maximum Gasteiger partial charge on any atom is 0.255 e. The van der Waals surface area contributed by atoms with Crippen molar-refractivity contribution >= 4 is 17.3 Å². The number of para-hydroxylation sites is 1. The van der Waals surface area contributed by atoms with Crippen LogP contribution in [0.5, 0.6) is 0 Å². The van der Waals surface area contributed by atoms with Gasteiger partial charge in [-0.3, -0.25) is 4.79 Å². The van der Waals surface area contributed by atoms with Crippen LogP contribution in [0.25, 0.3) is 0 Å². The fourth-order valence-corrected chi connectivity index (χ4v) is 2.10. The molecule has 3 nitrogen and oxygen atoms in total. The molecule has 1 aliphatic rings. The van der Waals surface area contributed by atoms with Gasteiger partial charge in [-0.05, 0) is 19.1 Å². The standard InChI is InChI=1S/C14H18N2O/c1-10-12(14(2,3)4)15-16(13(10)17)11-8-6-5-7-9-11/h5-10H,1-4H3.